The lowest BCUT2D eigenvalue weighted by Crippen LogP contribution is -2.62. The van der Waals surface area contributed by atoms with Gasteiger partial charge in [-0.05, 0) is 140 Å². The molecule has 2 aliphatic rings. The Morgan fingerprint density at radius 1 is 0.645 bits per heavy atom. The number of phenols is 1. The van der Waals surface area contributed by atoms with Gasteiger partial charge in [0.15, 0.2) is 0 Å². The predicted molar refractivity (Wildman–Crippen MR) is 351 cm³/mol. The molecule has 0 unspecified atom stereocenters. The van der Waals surface area contributed by atoms with Gasteiger partial charge >= 0.3 is 0 Å². The number of rotatable bonds is 11. The molecule has 1 fully saturated rings. The first-order chi connectivity index (χ1) is 44.7. The van der Waals surface area contributed by atoms with Crippen LogP contribution in [0.1, 0.15) is 89.2 Å². The highest BCUT2D eigenvalue weighted by Crippen LogP contribution is 2.32. The molecular weight excluding hydrogens is 1230 g/mol. The van der Waals surface area contributed by atoms with E-state index in [9.17, 15) is 57.0 Å². The van der Waals surface area contributed by atoms with Crippen LogP contribution in [0.15, 0.2) is 122 Å². The number of unbranched alkanes of at least 4 members (excludes halogenated alkanes) is 1. The van der Waals surface area contributed by atoms with Crippen LogP contribution in [0, 0.1) is 11.6 Å². The fourth-order valence-electron chi connectivity index (χ4n) is 11.5. The highest BCUT2D eigenvalue weighted by atomic mass is 32.2. The number of phenolic OH excluding ortho intramolecular Hbond substituents is 1. The molecule has 2 aromatic heterocycles. The average molecular weight is 1310 g/mol. The molecular formula is C67H76F2N12O10S2. The fraction of sp³-hybridized carbons (Fsp3) is 0.358. The number of aromatic nitrogens is 2. The van der Waals surface area contributed by atoms with Crippen LogP contribution in [0.5, 0.6) is 5.75 Å². The molecule has 0 aliphatic carbocycles. The van der Waals surface area contributed by atoms with Crippen LogP contribution in [-0.2, 0) is 75.7 Å². The maximum atomic E-state index is 14.9. The predicted octanol–water partition coefficient (Wildman–Crippen LogP) is 4.70. The molecule has 0 spiro atoms. The van der Waals surface area contributed by atoms with Crippen molar-refractivity contribution in [2.45, 2.75) is 119 Å². The van der Waals surface area contributed by atoms with E-state index in [1.54, 1.807) is 43.6 Å². The first-order valence-corrected chi connectivity index (χ1v) is 33.0. The van der Waals surface area contributed by atoms with E-state index >= 15 is 0 Å². The summed E-state index contributed by atoms with van der Waals surface area (Å²) in [6.07, 6.45) is 4.59. The molecule has 9 rings (SSSR count). The summed E-state index contributed by atoms with van der Waals surface area (Å²) >= 11 is 2.87. The van der Waals surface area contributed by atoms with E-state index in [1.165, 1.54) is 89.1 Å². The van der Waals surface area contributed by atoms with Crippen molar-refractivity contribution in [3.8, 4) is 5.75 Å². The zero-order valence-electron chi connectivity index (χ0n) is 51.3. The minimum Gasteiger partial charge on any atom is -0.508 e. The smallest absolute Gasteiger partial charge is 0.251 e. The number of halogens is 2. The Balaban J connectivity index is 1.01. The van der Waals surface area contributed by atoms with Crippen LogP contribution in [0.2, 0.25) is 0 Å². The summed E-state index contributed by atoms with van der Waals surface area (Å²) in [5, 5.41) is 30.3. The summed E-state index contributed by atoms with van der Waals surface area (Å²) in [4.78, 5) is 135. The molecule has 2 aliphatic heterocycles. The maximum Gasteiger partial charge on any atom is 0.251 e. The van der Waals surface area contributed by atoms with Crippen molar-refractivity contribution in [1.82, 2.24) is 52.1 Å². The van der Waals surface area contributed by atoms with Crippen LogP contribution >= 0.6 is 23.5 Å². The molecule has 0 saturated carbocycles. The van der Waals surface area contributed by atoms with Gasteiger partial charge in [-0.25, -0.2) is 8.78 Å². The van der Waals surface area contributed by atoms with E-state index < -0.39 is 107 Å². The Morgan fingerprint density at radius 3 is 1.92 bits per heavy atom. The summed E-state index contributed by atoms with van der Waals surface area (Å²) in [6.45, 7) is 1.23. The molecule has 4 heterocycles. The molecule has 9 amide bonds. The van der Waals surface area contributed by atoms with Crippen molar-refractivity contribution in [3.63, 3.8) is 0 Å². The number of nitrogens with one attached hydrogen (secondary N) is 9. The molecule has 26 heteroatoms. The number of nitrogens with two attached hydrogens (primary N) is 2. The number of aromatic amines is 2. The first kappa shape index (κ1) is 68.1. The quantitative estimate of drug-likeness (QED) is 0.0783. The van der Waals surface area contributed by atoms with Gasteiger partial charge in [-0.1, -0.05) is 48.5 Å². The highest BCUT2D eigenvalue weighted by molar-refractivity contribution is 7.98. The van der Waals surface area contributed by atoms with Crippen LogP contribution < -0.4 is 48.7 Å². The van der Waals surface area contributed by atoms with Crippen molar-refractivity contribution < 1.29 is 57.0 Å². The van der Waals surface area contributed by atoms with Crippen molar-refractivity contribution in [1.29, 1.82) is 0 Å². The lowest BCUT2D eigenvalue weighted by molar-refractivity contribution is -0.146. The zero-order valence-corrected chi connectivity index (χ0v) is 52.9. The number of primary amides is 1. The number of fused-ring (bicyclic) bond motifs is 7. The minimum atomic E-state index is -1.47. The lowest BCUT2D eigenvalue weighted by atomic mass is 9.95. The van der Waals surface area contributed by atoms with E-state index in [2.05, 4.69) is 47.2 Å². The fourth-order valence-corrected chi connectivity index (χ4v) is 13.4. The molecule has 6 atom stereocenters. The number of thioether (sulfide) groups is 2. The van der Waals surface area contributed by atoms with Gasteiger partial charge in [0, 0.05) is 102 Å². The molecule has 5 aromatic carbocycles. The van der Waals surface area contributed by atoms with Crippen LogP contribution in [0.25, 0.3) is 21.8 Å². The number of amides is 9. The van der Waals surface area contributed by atoms with Gasteiger partial charge in [-0.2, -0.15) is 23.5 Å². The number of hydrogen-bond donors (Lipinski definition) is 12. The van der Waals surface area contributed by atoms with Crippen LogP contribution in [-0.4, -0.2) is 140 Å². The Kier molecular flexibility index (Phi) is 23.3. The Hall–Kier alpha value is -9.27. The number of hydrogen-bond acceptors (Lipinski definition) is 13. The molecule has 93 heavy (non-hydrogen) atoms. The highest BCUT2D eigenvalue weighted by Gasteiger charge is 2.48. The van der Waals surface area contributed by atoms with Gasteiger partial charge in [-0.3, -0.25) is 43.2 Å². The van der Waals surface area contributed by atoms with E-state index in [0.717, 1.165) is 11.1 Å². The van der Waals surface area contributed by atoms with Gasteiger partial charge < -0.3 is 68.7 Å². The third kappa shape index (κ3) is 18.3. The Labute approximate surface area is 544 Å². The molecule has 1 saturated heterocycles. The molecule has 7 aromatic rings. The molecule has 14 N–H and O–H groups in total. The summed E-state index contributed by atoms with van der Waals surface area (Å²) in [6, 6.07) is 21.9. The van der Waals surface area contributed by atoms with Crippen molar-refractivity contribution in [3.05, 3.63) is 172 Å². The number of benzene rings is 5. The van der Waals surface area contributed by atoms with E-state index in [0.29, 0.717) is 87.1 Å². The van der Waals surface area contributed by atoms with E-state index in [-0.39, 0.29) is 68.7 Å². The second-order valence-corrected chi connectivity index (χ2v) is 25.6. The zero-order chi connectivity index (χ0) is 66.2. The van der Waals surface area contributed by atoms with E-state index in [1.807, 2.05) is 24.3 Å². The Bertz CT molecular complexity index is 3890. The summed E-state index contributed by atoms with van der Waals surface area (Å²) < 4.78 is 29.6. The van der Waals surface area contributed by atoms with Gasteiger partial charge in [0.1, 0.15) is 53.1 Å². The number of carbonyl (C=O) groups is 9. The first-order valence-electron chi connectivity index (χ1n) is 30.7. The SMILES string of the molecule is C[C@@]12CCCN1C(=O)[C@H](Cc1ccc(O)cc1)NC(=O)c1cccc(c1)CNC(=O)[C@H](Cc1c[nH]c3ccc(F)cc13)NC(=O)[C@@H](Cc1c[nH]c3ccc(F)cc13)NC(=O)CNC(=O)[C@H](CCCCN)NC(=O)CCSCc1cccc(c1)CSC[C@@H](C(N)=O)NC2=O. The standard InChI is InChI=1S/C67H76F2N12O10S2/c1-67-21-6-23-81(67)65(90)56(27-39-12-16-48(82)17-13-39)79-61(86)43-10-5-7-40(26-43)32-74-63(88)54(28-44-33-72-51-18-14-46(68)30-49(44)51)78-64(89)55(29-45-34-73-52-19-15-47(69)31-50(45)52)77-59(84)35-75-62(87)53(11-2-3-22-70)76-58(83)20-24-92-36-41-8-4-9-42(25-41)37-93-38-57(60(71)85)80-66(67)91/h4-5,7-10,12-19,25-26,30-31,33-34,53-57,72-73,82H,2-3,6,11,20-24,27-29,32,35-38,70H2,1H3,(H2,71,85)(H,74,88)(H,75,87)(H,76,83)(H,77,84)(H,78,89)(H,79,86)(H,80,91)/t53-,54-,55+,56-,57-,67-/m0/s1. The van der Waals surface area contributed by atoms with Gasteiger partial charge in [0.2, 0.25) is 47.3 Å². The molecule has 490 valence electrons. The number of H-pyrrole nitrogens is 2. The topological polar surface area (TPSA) is 345 Å². The normalized spacial score (nSPS) is 21.7. The number of nitrogens with zero attached hydrogens (tertiary/aromatic N) is 1. The van der Waals surface area contributed by atoms with Crippen LogP contribution in [0.3, 0.4) is 0 Å². The molecule has 0 radical (unpaired) electrons. The monoisotopic (exact) mass is 1310 g/mol. The van der Waals surface area contributed by atoms with Crippen molar-refractivity contribution in [2.75, 3.05) is 31.1 Å². The maximum absolute atomic E-state index is 14.9. The second-order valence-electron chi connectivity index (χ2n) is 23.5. The summed E-state index contributed by atoms with van der Waals surface area (Å²) in [5.74, 6) is -5.77. The second kappa shape index (κ2) is 31.8. The third-order valence-electron chi connectivity index (χ3n) is 16.6. The Morgan fingerprint density at radius 2 is 1.26 bits per heavy atom. The number of aromatic hydroxyl groups is 1. The molecule has 4 bridgehead atoms. The van der Waals surface area contributed by atoms with Gasteiger partial charge in [0.05, 0.1) is 6.54 Å². The van der Waals surface area contributed by atoms with Crippen molar-refractivity contribution in [2.24, 2.45) is 11.5 Å². The van der Waals surface area contributed by atoms with Crippen molar-refractivity contribution >= 4 is 98.5 Å². The summed E-state index contributed by atoms with van der Waals surface area (Å²) in [7, 11) is 0. The largest absolute Gasteiger partial charge is 0.508 e. The van der Waals surface area contributed by atoms with Crippen LogP contribution in [0.4, 0.5) is 8.78 Å². The lowest BCUT2D eigenvalue weighted by Gasteiger charge is -2.37. The minimum absolute atomic E-state index is 0.0239. The van der Waals surface area contributed by atoms with E-state index in [4.69, 9.17) is 11.5 Å². The van der Waals surface area contributed by atoms with Gasteiger partial charge in [0.25, 0.3) is 5.91 Å². The van der Waals surface area contributed by atoms with Gasteiger partial charge in [-0.15, -0.1) is 0 Å². The summed E-state index contributed by atoms with van der Waals surface area (Å²) in [5.41, 5.74) is 15.1. The third-order valence-corrected chi connectivity index (χ3v) is 18.7. The average Bonchev–Trinajstić information content (AvgIpc) is 1.75. The number of carbonyl (C=O) groups excluding carboxylic acids is 9. The molecule has 22 nitrogen and oxygen atoms in total.